The van der Waals surface area contributed by atoms with Crippen LogP contribution in [0.1, 0.15) is 54.2 Å². The molecule has 22 heavy (non-hydrogen) atoms. The highest BCUT2D eigenvalue weighted by Gasteiger charge is 2.30. The molecule has 3 nitrogen and oxygen atoms in total. The average Bonchev–Trinajstić information content (AvgIpc) is 2.65. The molecule has 0 aliphatic heterocycles. The second-order valence-corrected chi connectivity index (χ2v) is 6.83. The van der Waals surface area contributed by atoms with Gasteiger partial charge >= 0.3 is 0 Å². The lowest BCUT2D eigenvalue weighted by Crippen LogP contribution is -2.31. The number of hydrogen-bond donors (Lipinski definition) is 1. The SMILES string of the molecule is CC1(C)CCc2ccccc2C(NC(=O)c2cccnc2)C1. The van der Waals surface area contributed by atoms with Gasteiger partial charge in [-0.05, 0) is 47.9 Å². The smallest absolute Gasteiger partial charge is 0.253 e. The molecule has 1 amide bonds. The van der Waals surface area contributed by atoms with Crippen molar-refractivity contribution in [1.29, 1.82) is 0 Å². The topological polar surface area (TPSA) is 42.0 Å². The lowest BCUT2D eigenvalue weighted by molar-refractivity contribution is 0.0924. The summed E-state index contributed by atoms with van der Waals surface area (Å²) in [5.74, 6) is -0.0504. The molecule has 1 atom stereocenters. The van der Waals surface area contributed by atoms with Crippen LogP contribution in [0.3, 0.4) is 0 Å². The third kappa shape index (κ3) is 3.19. The summed E-state index contributed by atoms with van der Waals surface area (Å²) in [6, 6.07) is 12.1. The molecule has 0 spiro atoms. The van der Waals surface area contributed by atoms with Crippen LogP contribution in [0.2, 0.25) is 0 Å². The Kier molecular flexibility index (Phi) is 3.97. The number of rotatable bonds is 2. The molecular formula is C19H22N2O. The van der Waals surface area contributed by atoms with Crippen molar-refractivity contribution in [3.05, 3.63) is 65.5 Å². The zero-order valence-electron chi connectivity index (χ0n) is 13.2. The third-order valence-corrected chi connectivity index (χ3v) is 4.49. The molecule has 1 aliphatic rings. The van der Waals surface area contributed by atoms with E-state index in [2.05, 4.69) is 48.4 Å². The Hall–Kier alpha value is -2.16. The summed E-state index contributed by atoms with van der Waals surface area (Å²) in [5.41, 5.74) is 3.43. The van der Waals surface area contributed by atoms with Gasteiger partial charge in [0.1, 0.15) is 0 Å². The van der Waals surface area contributed by atoms with Gasteiger partial charge < -0.3 is 5.32 Å². The largest absolute Gasteiger partial charge is 0.345 e. The van der Waals surface area contributed by atoms with E-state index >= 15 is 0 Å². The van der Waals surface area contributed by atoms with Crippen LogP contribution in [0.25, 0.3) is 0 Å². The second kappa shape index (κ2) is 5.91. The van der Waals surface area contributed by atoms with E-state index in [9.17, 15) is 4.79 Å². The number of amides is 1. The first kappa shape index (κ1) is 14.8. The first-order valence-electron chi connectivity index (χ1n) is 7.84. The molecule has 1 aromatic heterocycles. The van der Waals surface area contributed by atoms with Gasteiger partial charge in [-0.3, -0.25) is 9.78 Å². The summed E-state index contributed by atoms with van der Waals surface area (Å²) < 4.78 is 0. The van der Waals surface area contributed by atoms with Crippen LogP contribution in [0.4, 0.5) is 0 Å². The number of nitrogens with one attached hydrogen (secondary N) is 1. The maximum Gasteiger partial charge on any atom is 0.253 e. The quantitative estimate of drug-likeness (QED) is 0.853. The Balaban J connectivity index is 1.89. The van der Waals surface area contributed by atoms with Crippen molar-refractivity contribution in [2.45, 2.75) is 39.2 Å². The van der Waals surface area contributed by atoms with E-state index < -0.39 is 0 Å². The fraction of sp³-hybridized carbons (Fsp3) is 0.368. The van der Waals surface area contributed by atoms with Crippen LogP contribution in [-0.4, -0.2) is 10.9 Å². The molecule has 0 radical (unpaired) electrons. The third-order valence-electron chi connectivity index (χ3n) is 4.49. The maximum atomic E-state index is 12.5. The summed E-state index contributed by atoms with van der Waals surface area (Å²) in [5, 5.41) is 3.21. The van der Waals surface area contributed by atoms with Crippen molar-refractivity contribution in [3.63, 3.8) is 0 Å². The normalized spacial score (nSPS) is 19.8. The van der Waals surface area contributed by atoms with Crippen LogP contribution in [0, 0.1) is 5.41 Å². The number of carbonyl (C=O) groups excluding carboxylic acids is 1. The minimum atomic E-state index is -0.0504. The number of aryl methyl sites for hydroxylation is 1. The predicted octanol–water partition coefficient (Wildman–Crippen LogP) is 3.92. The first-order chi connectivity index (χ1) is 10.6. The number of carbonyl (C=O) groups is 1. The Morgan fingerprint density at radius 2 is 2.05 bits per heavy atom. The molecule has 0 fully saturated rings. The molecule has 0 bridgehead atoms. The number of pyridine rings is 1. The van der Waals surface area contributed by atoms with Gasteiger partial charge in [0, 0.05) is 12.4 Å². The van der Waals surface area contributed by atoms with Crippen LogP contribution in [0.5, 0.6) is 0 Å². The monoisotopic (exact) mass is 294 g/mol. The summed E-state index contributed by atoms with van der Waals surface area (Å²) in [4.78, 5) is 16.5. The lowest BCUT2D eigenvalue weighted by atomic mass is 9.83. The summed E-state index contributed by atoms with van der Waals surface area (Å²) in [6.07, 6.45) is 6.46. The van der Waals surface area contributed by atoms with E-state index in [0.717, 1.165) is 19.3 Å². The Morgan fingerprint density at radius 3 is 2.82 bits per heavy atom. The molecule has 0 saturated carbocycles. The number of benzene rings is 1. The highest BCUT2D eigenvalue weighted by atomic mass is 16.1. The van der Waals surface area contributed by atoms with Gasteiger partial charge in [-0.25, -0.2) is 0 Å². The van der Waals surface area contributed by atoms with Crippen molar-refractivity contribution in [2.24, 2.45) is 5.41 Å². The second-order valence-electron chi connectivity index (χ2n) is 6.83. The van der Waals surface area contributed by atoms with Gasteiger partial charge in [0.15, 0.2) is 0 Å². The zero-order chi connectivity index (χ0) is 15.6. The predicted molar refractivity (Wildman–Crippen MR) is 87.6 cm³/mol. The summed E-state index contributed by atoms with van der Waals surface area (Å²) in [6.45, 7) is 4.56. The highest BCUT2D eigenvalue weighted by molar-refractivity contribution is 5.94. The summed E-state index contributed by atoms with van der Waals surface area (Å²) >= 11 is 0. The van der Waals surface area contributed by atoms with E-state index in [1.54, 1.807) is 24.5 Å². The van der Waals surface area contributed by atoms with E-state index in [-0.39, 0.29) is 17.4 Å². The minimum absolute atomic E-state index is 0.0504. The minimum Gasteiger partial charge on any atom is -0.345 e. The molecule has 1 N–H and O–H groups in total. The van der Waals surface area contributed by atoms with E-state index in [4.69, 9.17) is 0 Å². The van der Waals surface area contributed by atoms with Crippen molar-refractivity contribution in [1.82, 2.24) is 10.3 Å². The van der Waals surface area contributed by atoms with Crippen molar-refractivity contribution in [2.75, 3.05) is 0 Å². The molecule has 0 saturated heterocycles. The molecule has 1 heterocycles. The van der Waals surface area contributed by atoms with Gasteiger partial charge in [0.05, 0.1) is 11.6 Å². The fourth-order valence-corrected chi connectivity index (χ4v) is 3.21. The number of fused-ring (bicyclic) bond motifs is 1. The van der Waals surface area contributed by atoms with Crippen molar-refractivity contribution >= 4 is 5.91 Å². The maximum absolute atomic E-state index is 12.5. The van der Waals surface area contributed by atoms with Gasteiger partial charge in [-0.2, -0.15) is 0 Å². The van der Waals surface area contributed by atoms with Crippen LogP contribution in [0.15, 0.2) is 48.8 Å². The van der Waals surface area contributed by atoms with Crippen LogP contribution < -0.4 is 5.32 Å². The number of nitrogens with zero attached hydrogens (tertiary/aromatic N) is 1. The first-order valence-corrected chi connectivity index (χ1v) is 7.84. The van der Waals surface area contributed by atoms with E-state index in [1.165, 1.54) is 11.1 Å². The van der Waals surface area contributed by atoms with Gasteiger partial charge in [0.25, 0.3) is 5.91 Å². The molecular weight excluding hydrogens is 272 g/mol. The van der Waals surface area contributed by atoms with E-state index in [1.807, 2.05) is 0 Å². The Bertz CT molecular complexity index is 664. The number of aromatic nitrogens is 1. The highest BCUT2D eigenvalue weighted by Crippen LogP contribution is 2.39. The standard InChI is InChI=1S/C19H22N2O/c1-19(2)10-9-14-6-3-4-8-16(14)17(12-19)21-18(22)15-7-5-11-20-13-15/h3-8,11,13,17H,9-10,12H2,1-2H3,(H,21,22). The Morgan fingerprint density at radius 1 is 1.23 bits per heavy atom. The average molecular weight is 294 g/mol. The van der Waals surface area contributed by atoms with Crippen molar-refractivity contribution < 1.29 is 4.79 Å². The molecule has 114 valence electrons. The number of hydrogen-bond acceptors (Lipinski definition) is 2. The summed E-state index contributed by atoms with van der Waals surface area (Å²) in [7, 11) is 0. The van der Waals surface area contributed by atoms with Crippen molar-refractivity contribution in [3.8, 4) is 0 Å². The van der Waals surface area contributed by atoms with Crippen LogP contribution >= 0.6 is 0 Å². The fourth-order valence-electron chi connectivity index (χ4n) is 3.21. The van der Waals surface area contributed by atoms with Gasteiger partial charge in [0.2, 0.25) is 0 Å². The van der Waals surface area contributed by atoms with E-state index in [0.29, 0.717) is 5.56 Å². The molecule has 3 rings (SSSR count). The van der Waals surface area contributed by atoms with Gasteiger partial charge in [-0.15, -0.1) is 0 Å². The molecule has 3 heteroatoms. The molecule has 2 aromatic rings. The molecule has 1 unspecified atom stereocenters. The zero-order valence-corrected chi connectivity index (χ0v) is 13.2. The van der Waals surface area contributed by atoms with Gasteiger partial charge in [-0.1, -0.05) is 38.1 Å². The molecule has 1 aliphatic carbocycles. The lowest BCUT2D eigenvalue weighted by Gasteiger charge is -2.27. The Labute approximate surface area is 131 Å². The molecule has 1 aromatic carbocycles. The van der Waals surface area contributed by atoms with Crippen LogP contribution in [-0.2, 0) is 6.42 Å².